The molecule has 0 saturated heterocycles. The molecule has 0 aliphatic carbocycles. The van der Waals surface area contributed by atoms with E-state index in [2.05, 4.69) is 5.10 Å². The molecule has 2 unspecified atom stereocenters. The highest BCUT2D eigenvalue weighted by molar-refractivity contribution is 6.40. The van der Waals surface area contributed by atoms with Gasteiger partial charge in [-0.25, -0.2) is 0 Å². The van der Waals surface area contributed by atoms with Gasteiger partial charge in [0.2, 0.25) is 5.91 Å². The van der Waals surface area contributed by atoms with Crippen molar-refractivity contribution in [3.8, 4) is 0 Å². The first-order valence-electron chi connectivity index (χ1n) is 8.00. The third-order valence-electron chi connectivity index (χ3n) is 4.36. The Kier molecular flexibility index (Phi) is 4.56. The van der Waals surface area contributed by atoms with E-state index in [1.54, 1.807) is 24.3 Å². The lowest BCUT2D eigenvalue weighted by molar-refractivity contribution is -0.125. The number of hydrazone groups is 1. The van der Waals surface area contributed by atoms with Crippen molar-refractivity contribution in [1.82, 2.24) is 4.90 Å². The van der Waals surface area contributed by atoms with Gasteiger partial charge in [-0.05, 0) is 31.2 Å². The summed E-state index contributed by atoms with van der Waals surface area (Å²) in [5.41, 5.74) is 6.53. The van der Waals surface area contributed by atoms with Gasteiger partial charge >= 0.3 is 0 Å². The van der Waals surface area contributed by atoms with E-state index in [9.17, 15) is 9.59 Å². The second-order valence-corrected chi connectivity index (χ2v) is 5.96. The number of rotatable bonds is 5. The van der Waals surface area contributed by atoms with Gasteiger partial charge < -0.3 is 15.1 Å². The number of nitrogens with zero attached hydrogens (tertiary/aromatic N) is 3. The predicted octanol–water partition coefficient (Wildman–Crippen LogP) is 1.92. The third kappa shape index (κ3) is 3.26. The molecule has 1 aliphatic heterocycles. The molecule has 7 heteroatoms. The van der Waals surface area contributed by atoms with Crippen LogP contribution < -0.4 is 10.7 Å². The molecule has 2 aromatic rings. The second-order valence-electron chi connectivity index (χ2n) is 5.96. The van der Waals surface area contributed by atoms with Crippen LogP contribution in [0.2, 0.25) is 0 Å². The van der Waals surface area contributed by atoms with Gasteiger partial charge in [0.15, 0.2) is 0 Å². The summed E-state index contributed by atoms with van der Waals surface area (Å²) >= 11 is 0. The zero-order valence-electron chi connectivity index (χ0n) is 14.1. The van der Waals surface area contributed by atoms with Crippen LogP contribution in [0.15, 0.2) is 58.2 Å². The molecule has 7 nitrogen and oxygen atoms in total. The first kappa shape index (κ1) is 16.8. The summed E-state index contributed by atoms with van der Waals surface area (Å²) in [5.74, 6) is -0.0912. The maximum Gasteiger partial charge on any atom is 0.270 e. The minimum atomic E-state index is -0.673. The monoisotopic (exact) mass is 340 g/mol. The standard InChI is InChI=1S/C18H20N4O3/c1-12(16-9-6-10-25-16)21(2)18(24)14-11-15(17(19)23)22(20-14)13-7-4-3-5-8-13/h3-10,12,15H,11H2,1-2H3,(H2,19,23). The highest BCUT2D eigenvalue weighted by atomic mass is 16.3. The highest BCUT2D eigenvalue weighted by Gasteiger charge is 2.36. The Morgan fingerprint density at radius 3 is 2.60 bits per heavy atom. The third-order valence-corrected chi connectivity index (χ3v) is 4.36. The molecule has 0 spiro atoms. The van der Waals surface area contributed by atoms with Gasteiger partial charge in [0.1, 0.15) is 17.5 Å². The van der Waals surface area contributed by atoms with E-state index >= 15 is 0 Å². The summed E-state index contributed by atoms with van der Waals surface area (Å²) in [7, 11) is 1.68. The number of furan rings is 1. The van der Waals surface area contributed by atoms with Crippen molar-refractivity contribution < 1.29 is 14.0 Å². The predicted molar refractivity (Wildman–Crippen MR) is 93.8 cm³/mol. The van der Waals surface area contributed by atoms with Crippen molar-refractivity contribution in [2.45, 2.75) is 25.4 Å². The fraction of sp³-hybridized carbons (Fsp3) is 0.278. The Morgan fingerprint density at radius 2 is 2.00 bits per heavy atom. The van der Waals surface area contributed by atoms with Crippen LogP contribution in [0, 0.1) is 0 Å². The molecule has 25 heavy (non-hydrogen) atoms. The lowest BCUT2D eigenvalue weighted by atomic mass is 10.1. The van der Waals surface area contributed by atoms with Gasteiger partial charge in [0.25, 0.3) is 5.91 Å². The van der Waals surface area contributed by atoms with E-state index in [-0.39, 0.29) is 18.4 Å². The van der Waals surface area contributed by atoms with Crippen molar-refractivity contribution in [1.29, 1.82) is 0 Å². The SMILES string of the molecule is CC(c1ccco1)N(C)C(=O)C1=NN(c2ccccc2)C(C(N)=O)C1. The van der Waals surface area contributed by atoms with Gasteiger partial charge in [0.05, 0.1) is 18.0 Å². The molecule has 1 aliphatic rings. The molecule has 0 bridgehead atoms. The molecule has 0 radical (unpaired) electrons. The maximum atomic E-state index is 12.8. The molecule has 3 rings (SSSR count). The summed E-state index contributed by atoms with van der Waals surface area (Å²) < 4.78 is 5.36. The summed E-state index contributed by atoms with van der Waals surface area (Å²) in [5, 5.41) is 5.89. The number of carbonyl (C=O) groups is 2. The van der Waals surface area contributed by atoms with Crippen molar-refractivity contribution in [3.05, 3.63) is 54.5 Å². The Labute approximate surface area is 145 Å². The van der Waals surface area contributed by atoms with Crippen LogP contribution in [0.3, 0.4) is 0 Å². The Hall–Kier alpha value is -3.09. The molecular weight excluding hydrogens is 320 g/mol. The summed E-state index contributed by atoms with van der Waals surface area (Å²) in [4.78, 5) is 26.2. The average Bonchev–Trinajstić information content (AvgIpc) is 3.30. The Balaban J connectivity index is 1.84. The van der Waals surface area contributed by atoms with Gasteiger partial charge in [-0.2, -0.15) is 5.10 Å². The lowest BCUT2D eigenvalue weighted by Gasteiger charge is -2.22. The molecular formula is C18H20N4O3. The van der Waals surface area contributed by atoms with E-state index in [1.165, 1.54) is 5.01 Å². The van der Waals surface area contributed by atoms with E-state index < -0.39 is 11.9 Å². The van der Waals surface area contributed by atoms with E-state index in [0.29, 0.717) is 11.5 Å². The lowest BCUT2D eigenvalue weighted by Crippen LogP contribution is -2.40. The number of benzene rings is 1. The number of hydrogen-bond acceptors (Lipinski definition) is 5. The molecule has 2 amide bonds. The first-order valence-corrected chi connectivity index (χ1v) is 8.00. The minimum absolute atomic E-state index is 0.179. The zero-order chi connectivity index (χ0) is 18.0. The normalized spacial score (nSPS) is 17.9. The van der Waals surface area contributed by atoms with Gasteiger partial charge in [-0.15, -0.1) is 0 Å². The van der Waals surface area contributed by atoms with Crippen LogP contribution in [-0.4, -0.2) is 35.5 Å². The van der Waals surface area contributed by atoms with Crippen LogP contribution in [-0.2, 0) is 9.59 Å². The zero-order valence-corrected chi connectivity index (χ0v) is 14.1. The van der Waals surface area contributed by atoms with Crippen molar-refractivity contribution in [2.24, 2.45) is 10.8 Å². The Bertz CT molecular complexity index is 786. The molecule has 1 aromatic heterocycles. The highest BCUT2D eigenvalue weighted by Crippen LogP contribution is 2.26. The summed E-state index contributed by atoms with van der Waals surface area (Å²) in [6.45, 7) is 1.87. The molecule has 2 atom stereocenters. The molecule has 130 valence electrons. The van der Waals surface area contributed by atoms with Crippen LogP contribution in [0.1, 0.15) is 25.1 Å². The number of amides is 2. The Morgan fingerprint density at radius 1 is 1.28 bits per heavy atom. The van der Waals surface area contributed by atoms with Gasteiger partial charge in [-0.1, -0.05) is 18.2 Å². The number of hydrogen-bond donors (Lipinski definition) is 1. The molecule has 2 N–H and O–H groups in total. The molecule has 1 aromatic carbocycles. The number of para-hydroxylation sites is 1. The fourth-order valence-electron chi connectivity index (χ4n) is 2.78. The summed E-state index contributed by atoms with van der Waals surface area (Å²) in [6.07, 6.45) is 1.75. The number of primary amides is 1. The topological polar surface area (TPSA) is 92.1 Å². The van der Waals surface area contributed by atoms with Crippen LogP contribution in [0.4, 0.5) is 5.69 Å². The van der Waals surface area contributed by atoms with E-state index in [4.69, 9.17) is 10.2 Å². The van der Waals surface area contributed by atoms with E-state index in [1.807, 2.05) is 43.3 Å². The van der Waals surface area contributed by atoms with Crippen LogP contribution >= 0.6 is 0 Å². The second kappa shape index (κ2) is 6.80. The summed E-state index contributed by atoms with van der Waals surface area (Å²) in [6, 6.07) is 11.9. The van der Waals surface area contributed by atoms with Crippen LogP contribution in [0.5, 0.6) is 0 Å². The first-order chi connectivity index (χ1) is 12.0. The average molecular weight is 340 g/mol. The van der Waals surface area contributed by atoms with Crippen molar-refractivity contribution in [3.63, 3.8) is 0 Å². The molecule has 2 heterocycles. The van der Waals surface area contributed by atoms with Gasteiger partial charge in [-0.3, -0.25) is 14.6 Å². The van der Waals surface area contributed by atoms with Crippen molar-refractivity contribution >= 4 is 23.2 Å². The smallest absolute Gasteiger partial charge is 0.270 e. The fourth-order valence-corrected chi connectivity index (χ4v) is 2.78. The van der Waals surface area contributed by atoms with Gasteiger partial charge in [0, 0.05) is 13.5 Å². The molecule has 0 saturated carbocycles. The molecule has 0 fully saturated rings. The quantitative estimate of drug-likeness (QED) is 0.900. The number of carbonyl (C=O) groups excluding carboxylic acids is 2. The minimum Gasteiger partial charge on any atom is -0.467 e. The van der Waals surface area contributed by atoms with E-state index in [0.717, 1.165) is 5.69 Å². The van der Waals surface area contributed by atoms with Crippen molar-refractivity contribution in [2.75, 3.05) is 12.1 Å². The van der Waals surface area contributed by atoms with Crippen LogP contribution in [0.25, 0.3) is 0 Å². The maximum absolute atomic E-state index is 12.8. The number of anilines is 1. The largest absolute Gasteiger partial charge is 0.467 e. The number of nitrogens with two attached hydrogens (primary N) is 1.